The van der Waals surface area contributed by atoms with E-state index in [9.17, 15) is 0 Å². The first-order chi connectivity index (χ1) is 11.7. The van der Waals surface area contributed by atoms with Crippen LogP contribution < -0.4 is 5.32 Å². The average molecular weight is 399 g/mol. The number of aromatic nitrogens is 2. The Labute approximate surface area is 153 Å². The summed E-state index contributed by atoms with van der Waals surface area (Å²) in [6.45, 7) is 0. The number of halogens is 2. The third-order valence-corrected chi connectivity index (χ3v) is 4.49. The molecule has 0 amide bonds. The topological polar surface area (TPSA) is 29.3 Å². The number of hydrogen-bond acceptors (Lipinski definition) is 2. The van der Waals surface area contributed by atoms with Crippen molar-refractivity contribution in [2.24, 2.45) is 0 Å². The van der Waals surface area contributed by atoms with Crippen LogP contribution in [0, 0.1) is 0 Å². The molecule has 118 valence electrons. The first kappa shape index (κ1) is 15.2. The van der Waals surface area contributed by atoms with Gasteiger partial charge in [-0.1, -0.05) is 57.9 Å². The molecule has 0 aliphatic carbocycles. The maximum atomic E-state index is 6.19. The summed E-state index contributed by atoms with van der Waals surface area (Å²) >= 11 is 9.65. The Bertz CT molecular complexity index is 994. The molecule has 0 radical (unpaired) electrons. The highest BCUT2D eigenvalue weighted by Crippen LogP contribution is 2.32. The number of rotatable bonds is 3. The van der Waals surface area contributed by atoms with E-state index in [1.165, 1.54) is 0 Å². The molecule has 3 nitrogen and oxygen atoms in total. The monoisotopic (exact) mass is 397 g/mol. The molecule has 24 heavy (non-hydrogen) atoms. The number of nitrogens with one attached hydrogen (secondary N) is 1. The first-order valence-electron chi connectivity index (χ1n) is 7.46. The van der Waals surface area contributed by atoms with E-state index < -0.39 is 0 Å². The highest BCUT2D eigenvalue weighted by atomic mass is 79.9. The van der Waals surface area contributed by atoms with E-state index in [1.54, 1.807) is 0 Å². The van der Waals surface area contributed by atoms with E-state index in [2.05, 4.69) is 33.4 Å². The smallest absolute Gasteiger partial charge is 0.143 e. The third-order valence-electron chi connectivity index (χ3n) is 3.74. The van der Waals surface area contributed by atoms with Gasteiger partial charge in [0.25, 0.3) is 0 Å². The van der Waals surface area contributed by atoms with Crippen molar-refractivity contribution in [3.05, 3.63) is 82.4 Å². The van der Waals surface area contributed by atoms with Crippen LogP contribution in [0.4, 0.5) is 11.5 Å². The molecule has 5 heteroatoms. The van der Waals surface area contributed by atoms with E-state index in [1.807, 2.05) is 65.2 Å². The number of anilines is 2. The number of nitrogens with zero attached hydrogens (tertiary/aromatic N) is 2. The van der Waals surface area contributed by atoms with Crippen molar-refractivity contribution in [2.45, 2.75) is 0 Å². The molecule has 0 saturated heterocycles. The van der Waals surface area contributed by atoms with E-state index in [4.69, 9.17) is 16.6 Å². The maximum absolute atomic E-state index is 6.19. The van der Waals surface area contributed by atoms with Gasteiger partial charge in [-0.25, -0.2) is 4.98 Å². The quantitative estimate of drug-likeness (QED) is 0.448. The lowest BCUT2D eigenvalue weighted by atomic mass is 10.1. The fraction of sp³-hybridized carbons (Fsp3) is 0. The molecule has 2 aromatic heterocycles. The minimum absolute atomic E-state index is 0.665. The average Bonchev–Trinajstić information content (AvgIpc) is 2.95. The number of fused-ring (bicyclic) bond motifs is 1. The lowest BCUT2D eigenvalue weighted by Crippen LogP contribution is -1.96. The highest BCUT2D eigenvalue weighted by molar-refractivity contribution is 9.10. The molecular weight excluding hydrogens is 386 g/mol. The molecule has 0 aliphatic rings. The van der Waals surface area contributed by atoms with Crippen LogP contribution in [0.5, 0.6) is 0 Å². The largest absolute Gasteiger partial charge is 0.339 e. The molecule has 0 aliphatic heterocycles. The summed E-state index contributed by atoms with van der Waals surface area (Å²) in [5.74, 6) is 0.890. The molecule has 2 heterocycles. The third kappa shape index (κ3) is 2.90. The van der Waals surface area contributed by atoms with Crippen molar-refractivity contribution < 1.29 is 0 Å². The van der Waals surface area contributed by atoms with Gasteiger partial charge in [-0.2, -0.15) is 0 Å². The SMILES string of the molecule is Clc1ccc2nc(-c3ccccc3)c(Nc3ccc(Br)cc3)n2c1. The second-order valence-corrected chi connectivity index (χ2v) is 6.73. The zero-order chi connectivity index (χ0) is 16.5. The van der Waals surface area contributed by atoms with Gasteiger partial charge in [0.05, 0.1) is 5.02 Å². The number of imidazole rings is 1. The van der Waals surface area contributed by atoms with Crippen molar-refractivity contribution in [3.63, 3.8) is 0 Å². The molecule has 0 unspecified atom stereocenters. The van der Waals surface area contributed by atoms with Crippen molar-refractivity contribution in [2.75, 3.05) is 5.32 Å². The molecule has 1 N–H and O–H groups in total. The second-order valence-electron chi connectivity index (χ2n) is 5.38. The van der Waals surface area contributed by atoms with Crippen molar-refractivity contribution >= 4 is 44.7 Å². The van der Waals surface area contributed by atoms with Crippen LogP contribution >= 0.6 is 27.5 Å². The lowest BCUT2D eigenvalue weighted by Gasteiger charge is -2.09. The Kier molecular flexibility index (Phi) is 4.00. The molecule has 4 aromatic rings. The fourth-order valence-electron chi connectivity index (χ4n) is 2.61. The van der Waals surface area contributed by atoms with Gasteiger partial charge in [-0.3, -0.25) is 4.40 Å². The van der Waals surface area contributed by atoms with Crippen molar-refractivity contribution in [1.82, 2.24) is 9.38 Å². The van der Waals surface area contributed by atoms with Crippen LogP contribution in [0.2, 0.25) is 5.02 Å². The van der Waals surface area contributed by atoms with Gasteiger partial charge in [0.1, 0.15) is 17.2 Å². The highest BCUT2D eigenvalue weighted by Gasteiger charge is 2.14. The normalized spacial score (nSPS) is 10.9. The standard InChI is InChI=1S/C19H13BrClN3/c20-14-6-9-16(10-7-14)22-19-18(13-4-2-1-3-5-13)23-17-11-8-15(21)12-24(17)19/h1-12,22H. The molecule has 0 bridgehead atoms. The molecule has 0 saturated carbocycles. The first-order valence-corrected chi connectivity index (χ1v) is 8.63. The van der Waals surface area contributed by atoms with Gasteiger partial charge in [0.15, 0.2) is 0 Å². The minimum Gasteiger partial charge on any atom is -0.339 e. The van der Waals surface area contributed by atoms with Crippen LogP contribution in [0.25, 0.3) is 16.9 Å². The van der Waals surface area contributed by atoms with Crippen LogP contribution in [0.1, 0.15) is 0 Å². The summed E-state index contributed by atoms with van der Waals surface area (Å²) in [4.78, 5) is 4.77. The van der Waals surface area contributed by atoms with Crippen LogP contribution in [0.3, 0.4) is 0 Å². The van der Waals surface area contributed by atoms with Crippen LogP contribution in [-0.2, 0) is 0 Å². The Morgan fingerprint density at radius 1 is 0.917 bits per heavy atom. The molecular formula is C19H13BrClN3. The van der Waals surface area contributed by atoms with Gasteiger partial charge in [0, 0.05) is 21.9 Å². The molecule has 4 rings (SSSR count). The number of pyridine rings is 1. The Morgan fingerprint density at radius 2 is 1.67 bits per heavy atom. The molecule has 0 spiro atoms. The lowest BCUT2D eigenvalue weighted by molar-refractivity contribution is 1.18. The van der Waals surface area contributed by atoms with Crippen molar-refractivity contribution in [3.8, 4) is 11.3 Å². The zero-order valence-electron chi connectivity index (χ0n) is 12.6. The van der Waals surface area contributed by atoms with E-state index >= 15 is 0 Å². The van der Waals surface area contributed by atoms with E-state index in [0.717, 1.165) is 32.9 Å². The minimum atomic E-state index is 0.665. The predicted molar refractivity (Wildman–Crippen MR) is 103 cm³/mol. The van der Waals surface area contributed by atoms with E-state index in [-0.39, 0.29) is 0 Å². The summed E-state index contributed by atoms with van der Waals surface area (Å²) in [6, 6.07) is 21.9. The molecule has 0 fully saturated rings. The number of benzene rings is 2. The van der Waals surface area contributed by atoms with Gasteiger partial charge >= 0.3 is 0 Å². The van der Waals surface area contributed by atoms with Crippen molar-refractivity contribution in [1.29, 1.82) is 0 Å². The summed E-state index contributed by atoms with van der Waals surface area (Å²) in [7, 11) is 0. The molecule has 2 aromatic carbocycles. The summed E-state index contributed by atoms with van der Waals surface area (Å²) in [5, 5.41) is 4.13. The van der Waals surface area contributed by atoms with E-state index in [0.29, 0.717) is 5.02 Å². The van der Waals surface area contributed by atoms with Crippen LogP contribution in [0.15, 0.2) is 77.4 Å². The Balaban J connectivity index is 1.90. The van der Waals surface area contributed by atoms with Gasteiger partial charge in [0.2, 0.25) is 0 Å². The van der Waals surface area contributed by atoms with Gasteiger partial charge in [-0.05, 0) is 36.4 Å². The maximum Gasteiger partial charge on any atom is 0.143 e. The second kappa shape index (κ2) is 6.30. The van der Waals surface area contributed by atoms with Gasteiger partial charge in [-0.15, -0.1) is 0 Å². The predicted octanol–water partition coefficient (Wildman–Crippen LogP) is 6.16. The summed E-state index contributed by atoms with van der Waals surface area (Å²) in [6.07, 6.45) is 1.87. The number of hydrogen-bond donors (Lipinski definition) is 1. The van der Waals surface area contributed by atoms with Crippen LogP contribution in [-0.4, -0.2) is 9.38 Å². The Hall–Kier alpha value is -2.30. The molecule has 0 atom stereocenters. The fourth-order valence-corrected chi connectivity index (χ4v) is 3.03. The summed E-state index contributed by atoms with van der Waals surface area (Å²) < 4.78 is 3.02. The summed E-state index contributed by atoms with van der Waals surface area (Å²) in [5.41, 5.74) is 3.77. The van der Waals surface area contributed by atoms with Gasteiger partial charge < -0.3 is 5.32 Å². The Morgan fingerprint density at radius 3 is 2.42 bits per heavy atom. The zero-order valence-corrected chi connectivity index (χ0v) is 14.9.